The van der Waals surface area contributed by atoms with E-state index in [9.17, 15) is 4.79 Å². The number of hydrogen-bond acceptors (Lipinski definition) is 4. The van der Waals surface area contributed by atoms with Crippen LogP contribution in [0, 0.1) is 6.92 Å². The summed E-state index contributed by atoms with van der Waals surface area (Å²) in [6, 6.07) is 5.78. The van der Waals surface area contributed by atoms with E-state index < -0.39 is 0 Å². The number of methoxy groups -OCH3 is 1. The summed E-state index contributed by atoms with van der Waals surface area (Å²) in [6.07, 6.45) is 2.12. The van der Waals surface area contributed by atoms with Crippen LogP contribution in [0.15, 0.2) is 18.2 Å². The minimum atomic E-state index is -0.124. The lowest BCUT2D eigenvalue weighted by Crippen LogP contribution is -2.44. The summed E-state index contributed by atoms with van der Waals surface area (Å²) in [5.74, 6) is 0.801. The molecule has 1 aliphatic heterocycles. The summed E-state index contributed by atoms with van der Waals surface area (Å²) in [5.41, 5.74) is 2.15. The van der Waals surface area contributed by atoms with Crippen LogP contribution in [0.5, 0.6) is 5.75 Å². The van der Waals surface area contributed by atoms with Crippen molar-refractivity contribution in [2.75, 3.05) is 53.4 Å². The largest absolute Gasteiger partial charge is 0.496 e. The van der Waals surface area contributed by atoms with Crippen molar-refractivity contribution >= 4 is 6.03 Å². The van der Waals surface area contributed by atoms with Gasteiger partial charge in [-0.1, -0.05) is 17.7 Å². The molecule has 0 bridgehead atoms. The molecular formula is C20H34N4O2. The minimum absolute atomic E-state index is 0.102. The lowest BCUT2D eigenvalue weighted by atomic mass is 10.0. The van der Waals surface area contributed by atoms with Crippen molar-refractivity contribution in [3.05, 3.63) is 29.3 Å². The van der Waals surface area contributed by atoms with Gasteiger partial charge in [0.15, 0.2) is 0 Å². The van der Waals surface area contributed by atoms with Crippen LogP contribution in [0.4, 0.5) is 4.79 Å². The number of ether oxygens (including phenoxy) is 1. The van der Waals surface area contributed by atoms with Gasteiger partial charge < -0.3 is 25.2 Å². The monoisotopic (exact) mass is 362 g/mol. The van der Waals surface area contributed by atoms with Gasteiger partial charge in [-0.05, 0) is 46.3 Å². The number of carbonyl (C=O) groups excluding carboxylic acids is 1. The first-order chi connectivity index (χ1) is 12.5. The van der Waals surface area contributed by atoms with Crippen molar-refractivity contribution in [2.24, 2.45) is 0 Å². The minimum Gasteiger partial charge on any atom is -0.496 e. The molecule has 1 aromatic rings. The van der Waals surface area contributed by atoms with Gasteiger partial charge in [-0.3, -0.25) is 0 Å². The predicted molar refractivity (Wildman–Crippen MR) is 106 cm³/mol. The molecule has 1 aromatic carbocycles. The van der Waals surface area contributed by atoms with Crippen LogP contribution < -0.4 is 15.4 Å². The van der Waals surface area contributed by atoms with E-state index in [1.807, 2.05) is 26.0 Å². The molecule has 2 rings (SSSR count). The standard InChI is InChI=1S/C20H34N4O2/c1-16-7-8-19(26-4)18(15-16)17(2)22-20(25)21-9-5-6-10-24-13-11-23(3)12-14-24/h7-8,15,17H,5-6,9-14H2,1-4H3,(H2,21,22,25)/t17-/m0/s1. The molecule has 146 valence electrons. The number of nitrogens with one attached hydrogen (secondary N) is 2. The molecule has 1 fully saturated rings. The Morgan fingerprint density at radius 3 is 2.65 bits per heavy atom. The average Bonchev–Trinajstić information content (AvgIpc) is 2.63. The van der Waals surface area contributed by atoms with Gasteiger partial charge in [-0.15, -0.1) is 0 Å². The number of carbonyl (C=O) groups is 1. The topological polar surface area (TPSA) is 56.8 Å². The Hall–Kier alpha value is -1.79. The van der Waals surface area contributed by atoms with Gasteiger partial charge in [0.25, 0.3) is 0 Å². The van der Waals surface area contributed by atoms with Crippen molar-refractivity contribution in [1.29, 1.82) is 0 Å². The molecule has 0 aromatic heterocycles. The van der Waals surface area contributed by atoms with Gasteiger partial charge in [-0.25, -0.2) is 4.79 Å². The van der Waals surface area contributed by atoms with Crippen molar-refractivity contribution in [2.45, 2.75) is 32.7 Å². The van der Waals surface area contributed by atoms with Gasteiger partial charge in [0, 0.05) is 38.3 Å². The number of likely N-dealkylation sites (N-methyl/N-ethyl adjacent to an activating group) is 1. The van der Waals surface area contributed by atoms with Crippen molar-refractivity contribution in [3.8, 4) is 5.75 Å². The molecule has 1 saturated heterocycles. The summed E-state index contributed by atoms with van der Waals surface area (Å²) < 4.78 is 5.40. The Kier molecular flexibility index (Phi) is 8.19. The fraction of sp³-hybridized carbons (Fsp3) is 0.650. The van der Waals surface area contributed by atoms with E-state index in [0.717, 1.165) is 62.4 Å². The summed E-state index contributed by atoms with van der Waals surface area (Å²) in [5, 5.41) is 5.96. The van der Waals surface area contributed by atoms with Crippen LogP contribution in [0.25, 0.3) is 0 Å². The van der Waals surface area contributed by atoms with E-state index in [1.165, 1.54) is 0 Å². The number of rotatable bonds is 8. The van der Waals surface area contributed by atoms with Gasteiger partial charge >= 0.3 is 6.03 Å². The SMILES string of the molecule is COc1ccc(C)cc1[C@H](C)NC(=O)NCCCCN1CCN(C)CC1. The number of unbranched alkanes of at least 4 members (excludes halogenated alkanes) is 1. The second-order valence-corrected chi connectivity index (χ2v) is 7.22. The molecule has 26 heavy (non-hydrogen) atoms. The van der Waals surface area contributed by atoms with E-state index in [1.54, 1.807) is 7.11 Å². The van der Waals surface area contributed by atoms with Crippen molar-refractivity contribution in [1.82, 2.24) is 20.4 Å². The highest BCUT2D eigenvalue weighted by molar-refractivity contribution is 5.74. The number of piperazine rings is 1. The highest BCUT2D eigenvalue weighted by Crippen LogP contribution is 2.25. The lowest BCUT2D eigenvalue weighted by Gasteiger charge is -2.32. The average molecular weight is 363 g/mol. The first-order valence-corrected chi connectivity index (χ1v) is 9.59. The van der Waals surface area contributed by atoms with Gasteiger partial charge in [0.2, 0.25) is 0 Å². The van der Waals surface area contributed by atoms with E-state index >= 15 is 0 Å². The first kappa shape index (κ1) is 20.5. The maximum Gasteiger partial charge on any atom is 0.315 e. The van der Waals surface area contributed by atoms with Crippen molar-refractivity contribution < 1.29 is 9.53 Å². The number of urea groups is 1. The van der Waals surface area contributed by atoms with Crippen molar-refractivity contribution in [3.63, 3.8) is 0 Å². The molecule has 2 N–H and O–H groups in total. The number of benzene rings is 1. The third-order valence-electron chi connectivity index (χ3n) is 4.98. The number of aryl methyl sites for hydroxylation is 1. The molecule has 6 heteroatoms. The molecule has 0 unspecified atom stereocenters. The quantitative estimate of drug-likeness (QED) is 0.697. The molecule has 0 spiro atoms. The Labute approximate surface area is 157 Å². The Morgan fingerprint density at radius 1 is 1.23 bits per heavy atom. The summed E-state index contributed by atoms with van der Waals surface area (Å²) in [7, 11) is 3.83. The molecule has 1 heterocycles. The molecule has 0 aliphatic carbocycles. The molecule has 1 atom stereocenters. The molecular weight excluding hydrogens is 328 g/mol. The zero-order chi connectivity index (χ0) is 18.9. The fourth-order valence-corrected chi connectivity index (χ4v) is 3.25. The van der Waals surface area contributed by atoms with Crippen LogP contribution in [0.3, 0.4) is 0 Å². The second kappa shape index (κ2) is 10.4. The zero-order valence-electron chi connectivity index (χ0n) is 16.7. The molecule has 1 aliphatic rings. The third kappa shape index (κ3) is 6.50. The van der Waals surface area contributed by atoms with E-state index in [2.05, 4.69) is 33.5 Å². The normalized spacial score (nSPS) is 16.9. The highest BCUT2D eigenvalue weighted by atomic mass is 16.5. The maximum absolute atomic E-state index is 12.1. The van der Waals surface area contributed by atoms with Crippen LogP contribution in [-0.2, 0) is 0 Å². The maximum atomic E-state index is 12.1. The predicted octanol–water partition coefficient (Wildman–Crippen LogP) is 2.39. The van der Waals surface area contributed by atoms with Crippen LogP contribution in [0.2, 0.25) is 0 Å². The van der Waals surface area contributed by atoms with E-state index in [4.69, 9.17) is 4.74 Å². The smallest absolute Gasteiger partial charge is 0.315 e. The Bertz CT molecular complexity index is 571. The van der Waals surface area contributed by atoms with Crippen LogP contribution in [0.1, 0.15) is 36.9 Å². The lowest BCUT2D eigenvalue weighted by molar-refractivity contribution is 0.152. The third-order valence-corrected chi connectivity index (χ3v) is 4.98. The molecule has 6 nitrogen and oxygen atoms in total. The Balaban J connectivity index is 1.65. The second-order valence-electron chi connectivity index (χ2n) is 7.22. The molecule has 0 saturated carbocycles. The number of hydrogen-bond donors (Lipinski definition) is 2. The summed E-state index contributed by atoms with van der Waals surface area (Å²) in [4.78, 5) is 17.0. The molecule has 2 amide bonds. The van der Waals surface area contributed by atoms with Gasteiger partial charge in [0.1, 0.15) is 5.75 Å². The molecule has 0 radical (unpaired) electrons. The fourth-order valence-electron chi connectivity index (χ4n) is 3.25. The van der Waals surface area contributed by atoms with Crippen LogP contribution in [-0.4, -0.2) is 69.3 Å². The zero-order valence-corrected chi connectivity index (χ0v) is 16.7. The van der Waals surface area contributed by atoms with Gasteiger partial charge in [0.05, 0.1) is 13.2 Å². The number of nitrogens with zero attached hydrogens (tertiary/aromatic N) is 2. The summed E-state index contributed by atoms with van der Waals surface area (Å²) in [6.45, 7) is 10.5. The summed E-state index contributed by atoms with van der Waals surface area (Å²) >= 11 is 0. The highest BCUT2D eigenvalue weighted by Gasteiger charge is 2.15. The Morgan fingerprint density at radius 2 is 1.96 bits per heavy atom. The first-order valence-electron chi connectivity index (χ1n) is 9.59. The van der Waals surface area contributed by atoms with Crippen LogP contribution >= 0.6 is 0 Å². The number of amides is 2. The van der Waals surface area contributed by atoms with E-state index in [0.29, 0.717) is 6.54 Å². The van der Waals surface area contributed by atoms with Gasteiger partial charge in [-0.2, -0.15) is 0 Å². The van der Waals surface area contributed by atoms with E-state index in [-0.39, 0.29) is 12.1 Å².